The van der Waals surface area contributed by atoms with Gasteiger partial charge in [0.25, 0.3) is 11.7 Å². The van der Waals surface area contributed by atoms with E-state index in [9.17, 15) is 14.7 Å². The maximum atomic E-state index is 12.9. The molecular formula is C23H17NO3. The summed E-state index contributed by atoms with van der Waals surface area (Å²) in [6, 6.07) is 26.4. The van der Waals surface area contributed by atoms with E-state index in [0.717, 1.165) is 5.56 Å². The number of carbonyl (C=O) groups is 2. The van der Waals surface area contributed by atoms with E-state index in [0.29, 0.717) is 11.3 Å². The van der Waals surface area contributed by atoms with Gasteiger partial charge in [-0.2, -0.15) is 0 Å². The number of anilines is 1. The molecule has 0 bridgehead atoms. The molecule has 4 heteroatoms. The molecule has 0 saturated carbocycles. The van der Waals surface area contributed by atoms with Crippen molar-refractivity contribution in [1.82, 2.24) is 0 Å². The molecule has 0 spiro atoms. The summed E-state index contributed by atoms with van der Waals surface area (Å²) in [6.45, 7) is 0. The zero-order chi connectivity index (χ0) is 18.8. The topological polar surface area (TPSA) is 57.6 Å². The van der Waals surface area contributed by atoms with Crippen molar-refractivity contribution in [3.63, 3.8) is 0 Å². The summed E-state index contributed by atoms with van der Waals surface area (Å²) in [5.74, 6) is -1.50. The number of nitrogens with zero attached hydrogens (tertiary/aromatic N) is 1. The molecule has 0 aromatic heterocycles. The maximum Gasteiger partial charge on any atom is 0.300 e. The Balaban J connectivity index is 1.95. The Kier molecular flexibility index (Phi) is 4.30. The van der Waals surface area contributed by atoms with E-state index >= 15 is 0 Å². The first kappa shape index (κ1) is 16.8. The molecule has 0 unspecified atom stereocenters. The molecule has 1 amide bonds. The van der Waals surface area contributed by atoms with Crippen molar-refractivity contribution in [3.05, 3.63) is 108 Å². The van der Waals surface area contributed by atoms with Crippen molar-refractivity contribution in [1.29, 1.82) is 0 Å². The molecule has 4 rings (SSSR count). The van der Waals surface area contributed by atoms with Gasteiger partial charge in [-0.3, -0.25) is 14.5 Å². The number of Topliss-reactive ketones (excluding diaryl/α,β-unsaturated/α-hetero) is 1. The van der Waals surface area contributed by atoms with Crippen LogP contribution in [0.4, 0.5) is 5.69 Å². The number of aliphatic hydroxyl groups excluding tert-OH is 1. The van der Waals surface area contributed by atoms with Gasteiger partial charge in [-0.05, 0) is 17.7 Å². The van der Waals surface area contributed by atoms with Gasteiger partial charge in [-0.1, -0.05) is 78.9 Å². The van der Waals surface area contributed by atoms with Crippen LogP contribution in [0.1, 0.15) is 17.2 Å². The smallest absolute Gasteiger partial charge is 0.300 e. The number of benzene rings is 3. The van der Waals surface area contributed by atoms with E-state index in [2.05, 4.69) is 0 Å². The molecule has 0 aliphatic carbocycles. The Morgan fingerprint density at radius 3 is 1.85 bits per heavy atom. The lowest BCUT2D eigenvalue weighted by Crippen LogP contribution is -2.29. The van der Waals surface area contributed by atoms with E-state index in [-0.39, 0.29) is 11.3 Å². The number of carbonyl (C=O) groups excluding carboxylic acids is 2. The first-order valence-electron chi connectivity index (χ1n) is 8.65. The minimum atomic E-state index is -0.686. The molecule has 1 N–H and O–H groups in total. The minimum Gasteiger partial charge on any atom is -0.507 e. The zero-order valence-electron chi connectivity index (χ0n) is 14.4. The number of aliphatic hydroxyl groups is 1. The van der Waals surface area contributed by atoms with Crippen molar-refractivity contribution >= 4 is 23.1 Å². The lowest BCUT2D eigenvalue weighted by molar-refractivity contribution is -0.132. The molecule has 3 aromatic rings. The fourth-order valence-corrected chi connectivity index (χ4v) is 3.39. The third-order valence-corrected chi connectivity index (χ3v) is 4.64. The van der Waals surface area contributed by atoms with Crippen molar-refractivity contribution in [2.45, 2.75) is 6.04 Å². The molecule has 3 aromatic carbocycles. The molecule has 132 valence electrons. The highest BCUT2D eigenvalue weighted by Crippen LogP contribution is 2.41. The van der Waals surface area contributed by atoms with Crippen LogP contribution < -0.4 is 4.90 Å². The first-order chi connectivity index (χ1) is 13.2. The van der Waals surface area contributed by atoms with Gasteiger partial charge in [-0.25, -0.2) is 0 Å². The van der Waals surface area contributed by atoms with Crippen molar-refractivity contribution in [2.75, 3.05) is 4.90 Å². The predicted molar refractivity (Wildman–Crippen MR) is 104 cm³/mol. The van der Waals surface area contributed by atoms with Crippen LogP contribution in [0.2, 0.25) is 0 Å². The molecule has 0 radical (unpaired) electrons. The average molecular weight is 355 g/mol. The fraction of sp³-hybridized carbons (Fsp3) is 0.0435. The normalized spacial score (nSPS) is 18.7. The number of ketones is 1. The van der Waals surface area contributed by atoms with Gasteiger partial charge in [0.15, 0.2) is 0 Å². The van der Waals surface area contributed by atoms with Crippen molar-refractivity contribution < 1.29 is 14.7 Å². The van der Waals surface area contributed by atoms with Crippen LogP contribution >= 0.6 is 0 Å². The molecule has 27 heavy (non-hydrogen) atoms. The quantitative estimate of drug-likeness (QED) is 0.433. The summed E-state index contributed by atoms with van der Waals surface area (Å²) in [7, 11) is 0. The van der Waals surface area contributed by atoms with E-state index in [1.165, 1.54) is 4.90 Å². The number of hydrogen-bond acceptors (Lipinski definition) is 3. The highest BCUT2D eigenvalue weighted by molar-refractivity contribution is 6.51. The van der Waals surface area contributed by atoms with E-state index in [1.54, 1.807) is 36.4 Å². The van der Waals surface area contributed by atoms with Gasteiger partial charge in [0, 0.05) is 11.3 Å². The van der Waals surface area contributed by atoms with Gasteiger partial charge in [-0.15, -0.1) is 0 Å². The second-order valence-electron chi connectivity index (χ2n) is 6.28. The molecule has 1 aliphatic heterocycles. The van der Waals surface area contributed by atoms with Gasteiger partial charge in [0.1, 0.15) is 5.76 Å². The highest BCUT2D eigenvalue weighted by atomic mass is 16.3. The predicted octanol–water partition coefficient (Wildman–Crippen LogP) is 4.31. The third kappa shape index (κ3) is 2.91. The van der Waals surface area contributed by atoms with Crippen LogP contribution in [0, 0.1) is 0 Å². The number of rotatable bonds is 3. The highest BCUT2D eigenvalue weighted by Gasteiger charge is 2.46. The van der Waals surface area contributed by atoms with Crippen LogP contribution in [-0.2, 0) is 9.59 Å². The third-order valence-electron chi connectivity index (χ3n) is 4.64. The monoisotopic (exact) mass is 355 g/mol. The van der Waals surface area contributed by atoms with E-state index in [4.69, 9.17) is 0 Å². The Hall–Kier alpha value is -3.66. The Bertz CT molecular complexity index is 1010. The van der Waals surface area contributed by atoms with Crippen LogP contribution in [0.25, 0.3) is 5.76 Å². The van der Waals surface area contributed by atoms with Crippen LogP contribution in [0.3, 0.4) is 0 Å². The number of amides is 1. The minimum absolute atomic E-state index is 0.0984. The number of hydrogen-bond donors (Lipinski definition) is 1. The Morgan fingerprint density at radius 1 is 0.741 bits per heavy atom. The van der Waals surface area contributed by atoms with Gasteiger partial charge in [0.05, 0.1) is 11.6 Å². The van der Waals surface area contributed by atoms with Crippen LogP contribution in [0.5, 0.6) is 0 Å². The average Bonchev–Trinajstić information content (AvgIpc) is 3.00. The largest absolute Gasteiger partial charge is 0.507 e. The molecule has 4 nitrogen and oxygen atoms in total. The maximum absolute atomic E-state index is 12.9. The number of para-hydroxylation sites is 1. The van der Waals surface area contributed by atoms with Crippen molar-refractivity contribution in [2.24, 2.45) is 0 Å². The van der Waals surface area contributed by atoms with E-state index in [1.807, 2.05) is 54.6 Å². The van der Waals surface area contributed by atoms with Gasteiger partial charge < -0.3 is 5.11 Å². The summed E-state index contributed by atoms with van der Waals surface area (Å²) in [5, 5.41) is 10.9. The first-order valence-corrected chi connectivity index (χ1v) is 8.65. The van der Waals surface area contributed by atoms with Gasteiger partial charge >= 0.3 is 0 Å². The fourth-order valence-electron chi connectivity index (χ4n) is 3.39. The summed E-state index contributed by atoms with van der Waals surface area (Å²) in [6.07, 6.45) is 0. The molecule has 1 atom stereocenters. The van der Waals surface area contributed by atoms with Crippen LogP contribution in [-0.4, -0.2) is 16.8 Å². The molecule has 1 aliphatic rings. The van der Waals surface area contributed by atoms with Crippen molar-refractivity contribution in [3.8, 4) is 0 Å². The summed E-state index contributed by atoms with van der Waals surface area (Å²) in [4.78, 5) is 27.2. The summed E-state index contributed by atoms with van der Waals surface area (Å²) in [5.41, 5.74) is 1.98. The van der Waals surface area contributed by atoms with E-state index < -0.39 is 17.7 Å². The molecule has 1 heterocycles. The Labute approximate surface area is 157 Å². The second-order valence-corrected chi connectivity index (χ2v) is 6.28. The second kappa shape index (κ2) is 6.92. The summed E-state index contributed by atoms with van der Waals surface area (Å²) < 4.78 is 0. The lowest BCUT2D eigenvalue weighted by atomic mass is 9.95. The standard InChI is InChI=1S/C23H17NO3/c25-21(17-12-6-2-7-13-17)19-20(16-10-4-1-5-11-16)24(23(27)22(19)26)18-14-8-3-9-15-18/h1-15,20,25H/b21-19+/t20-/m1/s1. The summed E-state index contributed by atoms with van der Waals surface area (Å²) >= 11 is 0. The van der Waals surface area contributed by atoms with Crippen LogP contribution in [0.15, 0.2) is 96.6 Å². The lowest BCUT2D eigenvalue weighted by Gasteiger charge is -2.25. The Morgan fingerprint density at radius 2 is 1.26 bits per heavy atom. The SMILES string of the molecule is O=C1C(=O)N(c2ccccc2)[C@H](c2ccccc2)/C1=C(\O)c1ccccc1. The molecule has 1 saturated heterocycles. The zero-order valence-corrected chi connectivity index (χ0v) is 14.4. The molecule has 1 fully saturated rings. The molecular weight excluding hydrogens is 338 g/mol. The van der Waals surface area contributed by atoms with Gasteiger partial charge in [0.2, 0.25) is 0 Å².